The van der Waals surface area contributed by atoms with Crippen LogP contribution in [0.3, 0.4) is 0 Å². The number of nitrogens with one attached hydrogen (secondary N) is 2. The third kappa shape index (κ3) is 5.29. The molecule has 2 aromatic carbocycles. The Balaban J connectivity index is 1.88. The maximum atomic E-state index is 12.7. The van der Waals surface area contributed by atoms with E-state index in [0.717, 1.165) is 31.3 Å². The second kappa shape index (κ2) is 9.30. The zero-order valence-electron chi connectivity index (χ0n) is 18.2. The summed E-state index contributed by atoms with van der Waals surface area (Å²) < 4.78 is 0. The highest BCUT2D eigenvalue weighted by Crippen LogP contribution is 2.34. The average Bonchev–Trinajstić information content (AvgIpc) is 3.13. The molecule has 0 fully saturated rings. The van der Waals surface area contributed by atoms with Crippen LogP contribution in [0, 0.1) is 0 Å². The molecule has 0 saturated heterocycles. The van der Waals surface area contributed by atoms with Crippen LogP contribution in [-0.2, 0) is 10.2 Å². The van der Waals surface area contributed by atoms with Gasteiger partial charge in [-0.1, -0.05) is 83.0 Å². The Morgan fingerprint density at radius 2 is 1.76 bits per heavy atom. The molecule has 1 aromatic heterocycles. The molecule has 1 atom stereocenters. The molecular weight excluding hydrogens is 356 g/mol. The van der Waals surface area contributed by atoms with E-state index in [1.165, 1.54) is 22.1 Å². The number of fused-ring (bicyclic) bond motifs is 1. The third-order valence-corrected chi connectivity index (χ3v) is 5.67. The van der Waals surface area contributed by atoms with Gasteiger partial charge >= 0.3 is 0 Å². The number of carbonyl (C=O) groups excluding carboxylic acids is 1. The quantitative estimate of drug-likeness (QED) is 0.436. The molecule has 0 saturated carbocycles. The number of aromatic amines is 1. The SMILES string of the molecule is CCCCCNC(=O)C[C@H](c1ccc(C(C)(C)C)cc1)c1c[nH]c2ccccc12. The Hall–Kier alpha value is -2.55. The van der Waals surface area contributed by atoms with E-state index >= 15 is 0 Å². The van der Waals surface area contributed by atoms with Gasteiger partial charge in [0.2, 0.25) is 5.91 Å². The lowest BCUT2D eigenvalue weighted by Crippen LogP contribution is -2.26. The van der Waals surface area contributed by atoms with E-state index in [2.05, 4.69) is 86.7 Å². The summed E-state index contributed by atoms with van der Waals surface area (Å²) in [5.74, 6) is 0.155. The third-order valence-electron chi connectivity index (χ3n) is 5.67. The van der Waals surface area contributed by atoms with E-state index in [1.807, 2.05) is 6.07 Å². The van der Waals surface area contributed by atoms with Crippen LogP contribution in [0.4, 0.5) is 0 Å². The van der Waals surface area contributed by atoms with Crippen LogP contribution in [0.15, 0.2) is 54.7 Å². The average molecular weight is 391 g/mol. The minimum absolute atomic E-state index is 0.0337. The molecule has 2 N–H and O–H groups in total. The Bertz CT molecular complexity index is 931. The molecule has 0 aliphatic heterocycles. The van der Waals surface area contributed by atoms with Crippen molar-refractivity contribution in [3.63, 3.8) is 0 Å². The molecule has 29 heavy (non-hydrogen) atoms. The van der Waals surface area contributed by atoms with Crippen LogP contribution in [0.1, 0.15) is 76.0 Å². The van der Waals surface area contributed by atoms with Crippen molar-refractivity contribution in [2.75, 3.05) is 6.54 Å². The van der Waals surface area contributed by atoms with Crippen molar-refractivity contribution in [3.05, 3.63) is 71.4 Å². The van der Waals surface area contributed by atoms with Crippen LogP contribution < -0.4 is 5.32 Å². The maximum Gasteiger partial charge on any atom is 0.220 e. The molecule has 154 valence electrons. The van der Waals surface area contributed by atoms with Gasteiger partial charge in [0.1, 0.15) is 0 Å². The van der Waals surface area contributed by atoms with E-state index in [4.69, 9.17) is 0 Å². The molecule has 0 radical (unpaired) electrons. The number of benzene rings is 2. The lowest BCUT2D eigenvalue weighted by molar-refractivity contribution is -0.121. The van der Waals surface area contributed by atoms with E-state index in [1.54, 1.807) is 0 Å². The van der Waals surface area contributed by atoms with Gasteiger partial charge in [0.25, 0.3) is 0 Å². The first kappa shape index (κ1) is 21.2. The van der Waals surface area contributed by atoms with Gasteiger partial charge in [0.15, 0.2) is 0 Å². The molecule has 3 heteroatoms. The minimum Gasteiger partial charge on any atom is -0.361 e. The number of amides is 1. The van der Waals surface area contributed by atoms with Gasteiger partial charge in [0.05, 0.1) is 0 Å². The number of rotatable bonds is 8. The number of para-hydroxylation sites is 1. The van der Waals surface area contributed by atoms with Crippen LogP contribution in [-0.4, -0.2) is 17.4 Å². The first-order chi connectivity index (χ1) is 13.9. The lowest BCUT2D eigenvalue weighted by atomic mass is 9.83. The largest absolute Gasteiger partial charge is 0.361 e. The highest BCUT2D eigenvalue weighted by Gasteiger charge is 2.22. The standard InChI is InChI=1S/C26H34N2O/c1-5-6-9-16-27-25(29)17-22(19-12-14-20(15-13-19)26(2,3)4)23-18-28-24-11-8-7-10-21(23)24/h7-8,10-15,18,22,28H,5-6,9,16-17H2,1-4H3,(H,27,29)/t22-/m1/s1. The fourth-order valence-electron chi connectivity index (χ4n) is 3.87. The van der Waals surface area contributed by atoms with Crippen LogP contribution in [0.5, 0.6) is 0 Å². The van der Waals surface area contributed by atoms with E-state index in [-0.39, 0.29) is 17.2 Å². The maximum absolute atomic E-state index is 12.7. The van der Waals surface area contributed by atoms with E-state index < -0.39 is 0 Å². The zero-order chi connectivity index (χ0) is 20.9. The molecular formula is C26H34N2O. The monoisotopic (exact) mass is 390 g/mol. The molecule has 3 rings (SSSR count). The van der Waals surface area contributed by atoms with Gasteiger partial charge in [-0.15, -0.1) is 0 Å². The molecule has 1 heterocycles. The number of hydrogen-bond donors (Lipinski definition) is 2. The molecule has 0 aliphatic rings. The van der Waals surface area contributed by atoms with Crippen LogP contribution in [0.25, 0.3) is 10.9 Å². The molecule has 1 amide bonds. The molecule has 0 spiro atoms. The van der Waals surface area contributed by atoms with Crippen molar-refractivity contribution in [2.24, 2.45) is 0 Å². The highest BCUT2D eigenvalue weighted by molar-refractivity contribution is 5.86. The number of H-pyrrole nitrogens is 1. The van der Waals surface area contributed by atoms with Gasteiger partial charge in [0, 0.05) is 36.0 Å². The van der Waals surface area contributed by atoms with Gasteiger partial charge < -0.3 is 10.3 Å². The fourth-order valence-corrected chi connectivity index (χ4v) is 3.87. The van der Waals surface area contributed by atoms with Gasteiger partial charge in [-0.05, 0) is 34.6 Å². The Morgan fingerprint density at radius 3 is 2.45 bits per heavy atom. The first-order valence-corrected chi connectivity index (χ1v) is 10.8. The summed E-state index contributed by atoms with van der Waals surface area (Å²) >= 11 is 0. The predicted molar refractivity (Wildman–Crippen MR) is 122 cm³/mol. The number of aromatic nitrogens is 1. The summed E-state index contributed by atoms with van der Waals surface area (Å²) in [7, 11) is 0. The van der Waals surface area contributed by atoms with E-state index in [0.29, 0.717) is 6.42 Å². The van der Waals surface area contributed by atoms with E-state index in [9.17, 15) is 4.79 Å². The molecule has 3 nitrogen and oxygen atoms in total. The number of unbranched alkanes of at least 4 members (excludes halogenated alkanes) is 2. The topological polar surface area (TPSA) is 44.9 Å². The zero-order valence-corrected chi connectivity index (χ0v) is 18.2. The Kier molecular flexibility index (Phi) is 6.79. The summed E-state index contributed by atoms with van der Waals surface area (Å²) in [6, 6.07) is 17.1. The van der Waals surface area contributed by atoms with Crippen molar-refractivity contribution >= 4 is 16.8 Å². The fraction of sp³-hybridized carbons (Fsp3) is 0.423. The van der Waals surface area contributed by atoms with Crippen LogP contribution >= 0.6 is 0 Å². The first-order valence-electron chi connectivity index (χ1n) is 10.8. The van der Waals surface area contributed by atoms with Crippen molar-refractivity contribution < 1.29 is 4.79 Å². The predicted octanol–water partition coefficient (Wildman–Crippen LogP) is 6.29. The Morgan fingerprint density at radius 1 is 1.03 bits per heavy atom. The van der Waals surface area contributed by atoms with Gasteiger partial charge in [-0.3, -0.25) is 4.79 Å². The van der Waals surface area contributed by atoms with Gasteiger partial charge in [-0.25, -0.2) is 0 Å². The van der Waals surface area contributed by atoms with Crippen molar-refractivity contribution in [2.45, 2.75) is 64.7 Å². The summed E-state index contributed by atoms with van der Waals surface area (Å²) in [6.45, 7) is 9.61. The summed E-state index contributed by atoms with van der Waals surface area (Å²) in [4.78, 5) is 16.1. The smallest absolute Gasteiger partial charge is 0.220 e. The molecule has 0 unspecified atom stereocenters. The number of hydrogen-bond acceptors (Lipinski definition) is 1. The number of carbonyl (C=O) groups is 1. The lowest BCUT2D eigenvalue weighted by Gasteiger charge is -2.22. The highest BCUT2D eigenvalue weighted by atomic mass is 16.1. The van der Waals surface area contributed by atoms with Crippen molar-refractivity contribution in [1.82, 2.24) is 10.3 Å². The summed E-state index contributed by atoms with van der Waals surface area (Å²) in [5, 5.41) is 4.31. The Labute approximate surface area is 174 Å². The minimum atomic E-state index is 0.0337. The molecule has 3 aromatic rings. The van der Waals surface area contributed by atoms with Crippen LogP contribution in [0.2, 0.25) is 0 Å². The second-order valence-corrected chi connectivity index (χ2v) is 8.98. The summed E-state index contributed by atoms with van der Waals surface area (Å²) in [5.41, 5.74) is 4.91. The molecule has 0 bridgehead atoms. The molecule has 0 aliphatic carbocycles. The summed E-state index contributed by atoms with van der Waals surface area (Å²) in [6.07, 6.45) is 5.88. The van der Waals surface area contributed by atoms with Gasteiger partial charge in [-0.2, -0.15) is 0 Å². The van der Waals surface area contributed by atoms with Crippen molar-refractivity contribution in [1.29, 1.82) is 0 Å². The normalized spacial score (nSPS) is 12.8. The second-order valence-electron chi connectivity index (χ2n) is 8.98. The van der Waals surface area contributed by atoms with Crippen molar-refractivity contribution in [3.8, 4) is 0 Å².